The predicted molar refractivity (Wildman–Crippen MR) is 96.4 cm³/mol. The van der Waals surface area contributed by atoms with Crippen molar-refractivity contribution in [1.82, 2.24) is 20.4 Å². The number of fused-ring (bicyclic) bond motifs is 1. The molecule has 2 rings (SSSR count). The summed E-state index contributed by atoms with van der Waals surface area (Å²) >= 11 is 2.66. The third-order valence-corrected chi connectivity index (χ3v) is 5.48. The van der Waals surface area contributed by atoms with Crippen molar-refractivity contribution >= 4 is 45.1 Å². The number of nitrogens with zero attached hydrogens (tertiary/aromatic N) is 2. The van der Waals surface area contributed by atoms with E-state index in [1.54, 1.807) is 4.57 Å². The van der Waals surface area contributed by atoms with E-state index >= 15 is 0 Å². The summed E-state index contributed by atoms with van der Waals surface area (Å²) in [6.45, 7) is 9.01. The van der Waals surface area contributed by atoms with Crippen LogP contribution in [0.1, 0.15) is 37.3 Å². The number of nitrogens with one attached hydrogen (secondary N) is 2. The van der Waals surface area contributed by atoms with Gasteiger partial charge in [-0.2, -0.15) is 0 Å². The van der Waals surface area contributed by atoms with E-state index in [1.165, 1.54) is 30.0 Å². The Balaban J connectivity index is 2.35. The summed E-state index contributed by atoms with van der Waals surface area (Å²) in [5, 5.41) is 1.15. The summed E-state index contributed by atoms with van der Waals surface area (Å²) in [6, 6.07) is -0.0742. The lowest BCUT2D eigenvalue weighted by atomic mass is 10.2. The zero-order chi connectivity index (χ0) is 18.0. The number of aromatic nitrogens is 2. The van der Waals surface area contributed by atoms with Crippen LogP contribution in [-0.4, -0.2) is 27.1 Å². The first kappa shape index (κ1) is 18.5. The standard InChI is InChI=1S/C15H20N4O3S2/c1-7(2)19-14(22)12-8(3)9(4)24-13(12)16-15(19)23-6-11(21)18-17-10(5)20/h7H,6H2,1-5H3,(H,17,20)(H,18,21). The van der Waals surface area contributed by atoms with Crippen LogP contribution in [0.15, 0.2) is 9.95 Å². The minimum Gasteiger partial charge on any atom is -0.284 e. The molecule has 0 spiro atoms. The van der Waals surface area contributed by atoms with Crippen LogP contribution in [0.3, 0.4) is 0 Å². The van der Waals surface area contributed by atoms with Crippen molar-refractivity contribution in [2.75, 3.05) is 5.75 Å². The zero-order valence-corrected chi connectivity index (χ0v) is 15.9. The van der Waals surface area contributed by atoms with Gasteiger partial charge in [-0.1, -0.05) is 11.8 Å². The Kier molecular flexibility index (Phi) is 5.66. The van der Waals surface area contributed by atoms with Gasteiger partial charge in [0.2, 0.25) is 11.8 Å². The first-order valence-electron chi connectivity index (χ1n) is 7.42. The number of rotatable bonds is 4. The summed E-state index contributed by atoms with van der Waals surface area (Å²) in [6.07, 6.45) is 0. The fourth-order valence-electron chi connectivity index (χ4n) is 2.17. The highest BCUT2D eigenvalue weighted by molar-refractivity contribution is 7.99. The molecule has 24 heavy (non-hydrogen) atoms. The molecule has 0 atom stereocenters. The molecule has 0 saturated heterocycles. The van der Waals surface area contributed by atoms with Crippen molar-refractivity contribution in [2.24, 2.45) is 0 Å². The smallest absolute Gasteiger partial charge is 0.263 e. The molecule has 0 unspecified atom stereocenters. The summed E-state index contributed by atoms with van der Waals surface area (Å²) in [5.74, 6) is -0.663. The molecular weight excluding hydrogens is 348 g/mol. The van der Waals surface area contributed by atoms with Gasteiger partial charge in [0.25, 0.3) is 5.56 Å². The van der Waals surface area contributed by atoms with Crippen LogP contribution in [0.4, 0.5) is 0 Å². The molecule has 0 aliphatic heterocycles. The van der Waals surface area contributed by atoms with Gasteiger partial charge in [0.05, 0.1) is 11.1 Å². The van der Waals surface area contributed by atoms with Gasteiger partial charge in [0.1, 0.15) is 4.83 Å². The fourth-order valence-corrected chi connectivity index (χ4v) is 4.17. The molecule has 0 aromatic carbocycles. The molecule has 0 radical (unpaired) electrons. The van der Waals surface area contributed by atoms with E-state index in [1.807, 2.05) is 27.7 Å². The summed E-state index contributed by atoms with van der Waals surface area (Å²) in [5.41, 5.74) is 5.40. The van der Waals surface area contributed by atoms with Gasteiger partial charge in [0.15, 0.2) is 5.16 Å². The number of thiophene rings is 1. The molecule has 0 fully saturated rings. The van der Waals surface area contributed by atoms with Crippen LogP contribution in [0.25, 0.3) is 10.2 Å². The number of hydrogen-bond acceptors (Lipinski definition) is 6. The largest absolute Gasteiger partial charge is 0.284 e. The maximum atomic E-state index is 12.8. The highest BCUT2D eigenvalue weighted by Crippen LogP contribution is 2.29. The Morgan fingerprint density at radius 2 is 1.96 bits per heavy atom. The van der Waals surface area contributed by atoms with E-state index in [-0.39, 0.29) is 29.2 Å². The molecular formula is C15H20N4O3S2. The molecule has 2 heterocycles. The number of aryl methyl sites for hydroxylation is 2. The highest BCUT2D eigenvalue weighted by Gasteiger charge is 2.19. The van der Waals surface area contributed by atoms with Crippen molar-refractivity contribution in [3.05, 3.63) is 20.8 Å². The summed E-state index contributed by atoms with van der Waals surface area (Å²) in [7, 11) is 0. The lowest BCUT2D eigenvalue weighted by Gasteiger charge is -2.15. The molecule has 2 amide bonds. The van der Waals surface area contributed by atoms with E-state index in [9.17, 15) is 14.4 Å². The van der Waals surface area contributed by atoms with Gasteiger partial charge in [-0.25, -0.2) is 4.98 Å². The van der Waals surface area contributed by atoms with E-state index in [0.29, 0.717) is 15.4 Å². The number of carbonyl (C=O) groups excluding carboxylic acids is 2. The normalized spacial score (nSPS) is 11.1. The fraction of sp³-hybridized carbons (Fsp3) is 0.467. The van der Waals surface area contributed by atoms with Crippen LogP contribution in [-0.2, 0) is 9.59 Å². The average molecular weight is 368 g/mol. The Bertz CT molecular complexity index is 855. The molecule has 0 aliphatic rings. The third-order valence-electron chi connectivity index (χ3n) is 3.43. The number of hydrazine groups is 1. The third kappa shape index (κ3) is 3.78. The van der Waals surface area contributed by atoms with Gasteiger partial charge in [-0.15, -0.1) is 11.3 Å². The predicted octanol–water partition coefficient (Wildman–Crippen LogP) is 1.92. The molecule has 7 nitrogen and oxygen atoms in total. The second kappa shape index (κ2) is 7.35. The maximum Gasteiger partial charge on any atom is 0.263 e. The Morgan fingerprint density at radius 1 is 1.29 bits per heavy atom. The first-order chi connectivity index (χ1) is 11.2. The summed E-state index contributed by atoms with van der Waals surface area (Å²) < 4.78 is 1.61. The first-order valence-corrected chi connectivity index (χ1v) is 9.23. The van der Waals surface area contributed by atoms with Crippen molar-refractivity contribution in [3.8, 4) is 0 Å². The van der Waals surface area contributed by atoms with Crippen LogP contribution in [0.5, 0.6) is 0 Å². The Hall–Kier alpha value is -1.87. The zero-order valence-electron chi connectivity index (χ0n) is 14.2. The van der Waals surface area contributed by atoms with Crippen LogP contribution in [0, 0.1) is 13.8 Å². The van der Waals surface area contributed by atoms with Crippen molar-refractivity contribution in [2.45, 2.75) is 45.8 Å². The molecule has 2 aromatic heterocycles. The second-order valence-electron chi connectivity index (χ2n) is 5.64. The van der Waals surface area contributed by atoms with E-state index in [2.05, 4.69) is 15.8 Å². The lowest BCUT2D eigenvalue weighted by Crippen LogP contribution is -2.41. The maximum absolute atomic E-state index is 12.8. The van der Waals surface area contributed by atoms with E-state index in [4.69, 9.17) is 0 Å². The number of thioether (sulfide) groups is 1. The van der Waals surface area contributed by atoms with Crippen LogP contribution >= 0.6 is 23.1 Å². The monoisotopic (exact) mass is 368 g/mol. The second-order valence-corrected chi connectivity index (χ2v) is 7.79. The molecule has 2 N–H and O–H groups in total. The number of amides is 2. The topological polar surface area (TPSA) is 93.1 Å². The Morgan fingerprint density at radius 3 is 2.54 bits per heavy atom. The van der Waals surface area contributed by atoms with Crippen molar-refractivity contribution in [1.29, 1.82) is 0 Å². The molecule has 130 valence electrons. The van der Waals surface area contributed by atoms with Crippen molar-refractivity contribution < 1.29 is 9.59 Å². The lowest BCUT2D eigenvalue weighted by molar-refractivity contribution is -0.126. The minimum atomic E-state index is -0.363. The Labute approximate surface area is 147 Å². The van der Waals surface area contributed by atoms with Crippen molar-refractivity contribution in [3.63, 3.8) is 0 Å². The SMILES string of the molecule is CC(=O)NNC(=O)CSc1nc2sc(C)c(C)c2c(=O)n1C(C)C. The van der Waals surface area contributed by atoms with Gasteiger partial charge < -0.3 is 0 Å². The average Bonchev–Trinajstić information content (AvgIpc) is 2.77. The van der Waals surface area contributed by atoms with E-state index in [0.717, 1.165) is 10.4 Å². The van der Waals surface area contributed by atoms with Crippen LogP contribution in [0.2, 0.25) is 0 Å². The van der Waals surface area contributed by atoms with Gasteiger partial charge in [0, 0.05) is 17.8 Å². The molecule has 2 aromatic rings. The van der Waals surface area contributed by atoms with Gasteiger partial charge in [-0.3, -0.25) is 29.8 Å². The van der Waals surface area contributed by atoms with Gasteiger partial charge >= 0.3 is 0 Å². The molecule has 0 saturated carbocycles. The van der Waals surface area contributed by atoms with Gasteiger partial charge in [-0.05, 0) is 33.3 Å². The quantitative estimate of drug-likeness (QED) is 0.489. The van der Waals surface area contributed by atoms with E-state index < -0.39 is 0 Å². The minimum absolute atomic E-state index is 0.0499. The number of carbonyl (C=O) groups is 2. The molecule has 0 aliphatic carbocycles. The molecule has 0 bridgehead atoms. The highest BCUT2D eigenvalue weighted by atomic mass is 32.2. The molecule has 9 heteroatoms. The van der Waals surface area contributed by atoms with Crippen LogP contribution < -0.4 is 16.4 Å². The number of hydrogen-bond donors (Lipinski definition) is 2. The summed E-state index contributed by atoms with van der Waals surface area (Å²) in [4.78, 5) is 41.7.